The summed E-state index contributed by atoms with van der Waals surface area (Å²) in [5.74, 6) is -2.55. The van der Waals surface area contributed by atoms with E-state index >= 15 is 0 Å². The second-order valence-corrected chi connectivity index (χ2v) is 2.47. The maximum absolute atomic E-state index is 11.0. The molecule has 118 valence electrons. The highest BCUT2D eigenvalue weighted by molar-refractivity contribution is 5.81. The number of carbonyl (C=O) groups is 3. The molecule has 0 aromatic rings. The van der Waals surface area contributed by atoms with Crippen molar-refractivity contribution in [1.82, 2.24) is 0 Å². The molecule has 0 aromatic heterocycles. The van der Waals surface area contributed by atoms with Gasteiger partial charge >= 0.3 is 17.9 Å². The van der Waals surface area contributed by atoms with Gasteiger partial charge in [0.2, 0.25) is 0 Å². The van der Waals surface area contributed by atoms with Gasteiger partial charge in [0.05, 0.1) is 7.11 Å². The van der Waals surface area contributed by atoms with Crippen LogP contribution in [0.3, 0.4) is 0 Å². The molecule has 0 rings (SSSR count). The number of carbonyl (C=O) groups excluding carboxylic acids is 3. The van der Waals surface area contributed by atoms with E-state index in [0.717, 1.165) is 7.11 Å². The van der Waals surface area contributed by atoms with E-state index < -0.39 is 37.2 Å². The Morgan fingerprint density at radius 1 is 1.05 bits per heavy atom. The number of aliphatic hydroxyl groups excluding tert-OH is 1. The quantitative estimate of drug-likeness (QED) is 0.597. The van der Waals surface area contributed by atoms with Crippen molar-refractivity contribution in [1.29, 1.82) is 0 Å². The van der Waals surface area contributed by atoms with E-state index in [1.54, 1.807) is 0 Å². The molecule has 0 aliphatic carbocycles. The molecule has 1 N–H and O–H groups in total. The standard InChI is InChI=1S/C8H12O7.4CH4/c1-5(15-6(10)3-9)8(12)14-4-7(11)13-2;;;;/h5,9H,3-4H2,1-2H3;4*1H4. The van der Waals surface area contributed by atoms with Gasteiger partial charge in [-0.2, -0.15) is 0 Å². The first-order chi connectivity index (χ1) is 7.01. The summed E-state index contributed by atoms with van der Waals surface area (Å²) in [5, 5.41) is 8.32. The first-order valence-electron chi connectivity index (χ1n) is 4.05. The number of ether oxygens (including phenoxy) is 3. The summed E-state index contributed by atoms with van der Waals surface area (Å²) in [4.78, 5) is 32.1. The summed E-state index contributed by atoms with van der Waals surface area (Å²) < 4.78 is 13.1. The van der Waals surface area contributed by atoms with E-state index in [1.165, 1.54) is 6.92 Å². The molecule has 0 bridgehead atoms. The van der Waals surface area contributed by atoms with Gasteiger partial charge in [-0.3, -0.25) is 0 Å². The largest absolute Gasteiger partial charge is 0.466 e. The average Bonchev–Trinajstić information content (AvgIpc) is 2.24. The number of esters is 3. The highest BCUT2D eigenvalue weighted by Gasteiger charge is 2.19. The zero-order chi connectivity index (χ0) is 11.8. The molecule has 1 atom stereocenters. The van der Waals surface area contributed by atoms with E-state index in [4.69, 9.17) is 5.11 Å². The normalized spacial score (nSPS) is 9.00. The highest BCUT2D eigenvalue weighted by Crippen LogP contribution is 1.95. The second kappa shape index (κ2) is 16.4. The third-order valence-electron chi connectivity index (χ3n) is 1.33. The molecule has 0 saturated heterocycles. The van der Waals surface area contributed by atoms with Crippen molar-refractivity contribution >= 4 is 17.9 Å². The summed E-state index contributed by atoms with van der Waals surface area (Å²) in [6, 6.07) is 0. The maximum atomic E-state index is 11.0. The maximum Gasteiger partial charge on any atom is 0.347 e. The molecule has 0 spiro atoms. The molecular weight excluding hydrogens is 256 g/mol. The van der Waals surface area contributed by atoms with Crippen molar-refractivity contribution in [3.8, 4) is 0 Å². The third-order valence-corrected chi connectivity index (χ3v) is 1.33. The van der Waals surface area contributed by atoms with Gasteiger partial charge in [-0.25, -0.2) is 14.4 Å². The van der Waals surface area contributed by atoms with Crippen LogP contribution in [0.25, 0.3) is 0 Å². The zero-order valence-corrected chi connectivity index (χ0v) is 8.39. The number of hydrogen-bond acceptors (Lipinski definition) is 7. The molecule has 0 heterocycles. The first kappa shape index (κ1) is 30.4. The Hall–Kier alpha value is -1.63. The number of methoxy groups -OCH3 is 1. The highest BCUT2D eigenvalue weighted by atomic mass is 16.6. The summed E-state index contributed by atoms with van der Waals surface area (Å²) in [6.07, 6.45) is -1.17. The van der Waals surface area contributed by atoms with Crippen LogP contribution in [-0.2, 0) is 28.6 Å². The smallest absolute Gasteiger partial charge is 0.347 e. The predicted octanol–water partition coefficient (Wildman–Crippen LogP) is 1.17. The van der Waals surface area contributed by atoms with Gasteiger partial charge in [0.25, 0.3) is 0 Å². The zero-order valence-electron chi connectivity index (χ0n) is 8.39. The van der Waals surface area contributed by atoms with Crippen LogP contribution in [0.2, 0.25) is 0 Å². The molecule has 7 nitrogen and oxygen atoms in total. The van der Waals surface area contributed by atoms with E-state index in [1.807, 2.05) is 0 Å². The van der Waals surface area contributed by atoms with Crippen molar-refractivity contribution in [3.05, 3.63) is 0 Å². The fraction of sp³-hybridized carbons (Fsp3) is 0.750. The molecule has 0 aromatic carbocycles. The minimum Gasteiger partial charge on any atom is -0.466 e. The number of aliphatic hydroxyl groups is 1. The lowest BCUT2D eigenvalue weighted by Crippen LogP contribution is -2.29. The van der Waals surface area contributed by atoms with Crippen LogP contribution in [-0.4, -0.2) is 49.4 Å². The van der Waals surface area contributed by atoms with Gasteiger partial charge in [-0.05, 0) is 6.92 Å². The first-order valence-corrected chi connectivity index (χ1v) is 4.05. The van der Waals surface area contributed by atoms with Crippen LogP contribution >= 0.6 is 0 Å². The molecule has 7 heteroatoms. The Morgan fingerprint density at radius 2 is 1.53 bits per heavy atom. The lowest BCUT2D eigenvalue weighted by Gasteiger charge is -2.10. The molecule has 0 amide bonds. The Balaban J connectivity index is -0.000000163. The molecule has 0 aliphatic heterocycles. The fourth-order valence-electron chi connectivity index (χ4n) is 0.589. The lowest BCUT2D eigenvalue weighted by molar-refractivity contribution is -0.171. The minimum atomic E-state index is -1.17. The molecule has 0 aliphatic rings. The molecular formula is C12H28O7. The summed E-state index contributed by atoms with van der Waals surface area (Å²) in [5.41, 5.74) is 0. The fourth-order valence-corrected chi connectivity index (χ4v) is 0.589. The van der Waals surface area contributed by atoms with Crippen molar-refractivity contribution in [3.63, 3.8) is 0 Å². The van der Waals surface area contributed by atoms with Gasteiger partial charge in [0.15, 0.2) is 12.7 Å². The van der Waals surface area contributed by atoms with Crippen LogP contribution in [0.4, 0.5) is 0 Å². The summed E-state index contributed by atoms with van der Waals surface area (Å²) in [7, 11) is 1.14. The Labute approximate surface area is 115 Å². The predicted molar refractivity (Wildman–Crippen MR) is 72.5 cm³/mol. The monoisotopic (exact) mass is 284 g/mol. The van der Waals surface area contributed by atoms with Crippen molar-refractivity contribution in [2.45, 2.75) is 42.7 Å². The van der Waals surface area contributed by atoms with E-state index in [-0.39, 0.29) is 29.7 Å². The summed E-state index contributed by atoms with van der Waals surface area (Å²) >= 11 is 0. The van der Waals surface area contributed by atoms with Crippen LogP contribution in [0, 0.1) is 0 Å². The summed E-state index contributed by atoms with van der Waals surface area (Å²) in [6.45, 7) is -0.113. The van der Waals surface area contributed by atoms with E-state index in [9.17, 15) is 14.4 Å². The van der Waals surface area contributed by atoms with Gasteiger partial charge < -0.3 is 19.3 Å². The Morgan fingerprint density at radius 3 is 1.89 bits per heavy atom. The molecule has 19 heavy (non-hydrogen) atoms. The van der Waals surface area contributed by atoms with Crippen LogP contribution in [0.5, 0.6) is 0 Å². The molecule has 0 saturated carbocycles. The van der Waals surface area contributed by atoms with Crippen LogP contribution in [0.15, 0.2) is 0 Å². The van der Waals surface area contributed by atoms with E-state index in [2.05, 4.69) is 14.2 Å². The van der Waals surface area contributed by atoms with E-state index in [0.29, 0.717) is 0 Å². The Bertz CT molecular complexity index is 250. The average molecular weight is 284 g/mol. The van der Waals surface area contributed by atoms with Crippen LogP contribution in [0.1, 0.15) is 36.6 Å². The minimum absolute atomic E-state index is 0. The van der Waals surface area contributed by atoms with Crippen molar-refractivity contribution in [2.75, 3.05) is 20.3 Å². The topological polar surface area (TPSA) is 99.1 Å². The molecule has 0 fully saturated rings. The third kappa shape index (κ3) is 14.3. The van der Waals surface area contributed by atoms with Gasteiger partial charge in [0, 0.05) is 0 Å². The second-order valence-electron chi connectivity index (χ2n) is 2.47. The van der Waals surface area contributed by atoms with Crippen molar-refractivity contribution in [2.24, 2.45) is 0 Å². The lowest BCUT2D eigenvalue weighted by atomic mass is 10.4. The van der Waals surface area contributed by atoms with Gasteiger partial charge in [0.1, 0.15) is 6.61 Å². The number of rotatable bonds is 5. The molecule has 1 unspecified atom stereocenters. The number of hydrogen-bond donors (Lipinski definition) is 1. The molecule has 0 radical (unpaired) electrons. The SMILES string of the molecule is C.C.C.C.COC(=O)COC(=O)C(C)OC(=O)CO. The Kier molecular flexibility index (Phi) is 26.2. The van der Waals surface area contributed by atoms with Gasteiger partial charge in [-0.15, -0.1) is 0 Å². The van der Waals surface area contributed by atoms with Crippen LogP contribution < -0.4 is 0 Å². The van der Waals surface area contributed by atoms with Gasteiger partial charge in [-0.1, -0.05) is 29.7 Å². The van der Waals surface area contributed by atoms with Crippen molar-refractivity contribution < 1.29 is 33.7 Å².